The monoisotopic (exact) mass is 760 g/mol. The van der Waals surface area contributed by atoms with Gasteiger partial charge in [-0.05, 0) is 41.7 Å². The van der Waals surface area contributed by atoms with Crippen LogP contribution in [0.2, 0.25) is 18.1 Å². The average molecular weight is 761 g/mol. The Labute approximate surface area is 315 Å². The van der Waals surface area contributed by atoms with E-state index in [2.05, 4.69) is 75.2 Å². The maximum Gasteiger partial charge on any atom is 0.508 e. The van der Waals surface area contributed by atoms with E-state index >= 15 is 0 Å². The van der Waals surface area contributed by atoms with Gasteiger partial charge in [-0.3, -0.25) is 14.3 Å². The van der Waals surface area contributed by atoms with Gasteiger partial charge in [-0.1, -0.05) is 112 Å². The van der Waals surface area contributed by atoms with E-state index in [9.17, 15) is 14.4 Å². The van der Waals surface area contributed by atoms with Crippen LogP contribution in [-0.2, 0) is 32.3 Å². The van der Waals surface area contributed by atoms with Crippen LogP contribution in [0.3, 0.4) is 0 Å². The molecule has 0 spiro atoms. The highest BCUT2D eigenvalue weighted by Crippen LogP contribution is 2.49. The molecule has 5 atom stereocenters. The molecular formula is C40H48N2O9SSi. The van der Waals surface area contributed by atoms with E-state index in [1.807, 2.05) is 54.6 Å². The minimum atomic E-state index is -2.30. The maximum absolute atomic E-state index is 13.3. The Bertz CT molecular complexity index is 1850. The number of benzene rings is 3. The van der Waals surface area contributed by atoms with Crippen molar-refractivity contribution in [1.82, 2.24) is 9.55 Å². The van der Waals surface area contributed by atoms with E-state index in [-0.39, 0.29) is 24.9 Å². The number of carbonyl (C=O) groups excluding carboxylic acids is 1. The van der Waals surface area contributed by atoms with E-state index in [1.165, 1.54) is 22.8 Å². The van der Waals surface area contributed by atoms with Gasteiger partial charge < -0.3 is 27.6 Å². The van der Waals surface area contributed by atoms with E-state index in [4.69, 9.17) is 27.6 Å². The Kier molecular flexibility index (Phi) is 11.8. The summed E-state index contributed by atoms with van der Waals surface area (Å²) in [5.41, 5.74) is 2.42. The molecule has 53 heavy (non-hydrogen) atoms. The fraction of sp³-hybridized carbons (Fsp3) is 0.425. The molecule has 0 bridgehead atoms. The van der Waals surface area contributed by atoms with Crippen molar-refractivity contribution in [2.24, 2.45) is 0 Å². The molecule has 282 valence electrons. The van der Waals surface area contributed by atoms with Crippen molar-refractivity contribution >= 4 is 26.5 Å². The van der Waals surface area contributed by atoms with Crippen molar-refractivity contribution in [3.63, 3.8) is 0 Å². The summed E-state index contributed by atoms with van der Waals surface area (Å²) in [4.78, 5) is 40.4. The summed E-state index contributed by atoms with van der Waals surface area (Å²) >= 11 is 1.30. The zero-order valence-corrected chi connectivity index (χ0v) is 32.8. The molecule has 3 aromatic carbocycles. The van der Waals surface area contributed by atoms with Gasteiger partial charge in [0.15, 0.2) is 14.4 Å². The summed E-state index contributed by atoms with van der Waals surface area (Å²) in [6, 6.07) is 30.5. The lowest BCUT2D eigenvalue weighted by Crippen LogP contribution is -2.46. The molecule has 2 aliphatic rings. The van der Waals surface area contributed by atoms with E-state index in [1.54, 1.807) is 6.92 Å². The summed E-state index contributed by atoms with van der Waals surface area (Å²) in [7, 11) is -2.30. The van der Waals surface area contributed by atoms with Crippen LogP contribution in [0.1, 0.15) is 55.7 Å². The highest BCUT2D eigenvalue weighted by molar-refractivity contribution is 7.96. The Morgan fingerprint density at radius 3 is 1.96 bits per heavy atom. The summed E-state index contributed by atoms with van der Waals surface area (Å²) in [5.74, 6) is 0. The van der Waals surface area contributed by atoms with Crippen molar-refractivity contribution < 1.29 is 32.4 Å². The quantitative estimate of drug-likeness (QED) is 0.0692. The van der Waals surface area contributed by atoms with Crippen LogP contribution in [0.4, 0.5) is 4.79 Å². The number of nitrogens with one attached hydrogen (secondary N) is 1. The topological polar surface area (TPSA) is 127 Å². The van der Waals surface area contributed by atoms with Gasteiger partial charge in [-0.15, -0.1) is 0 Å². The van der Waals surface area contributed by atoms with Gasteiger partial charge >= 0.3 is 11.8 Å². The number of aryl methyl sites for hydroxylation is 1. The number of hydrogen-bond acceptors (Lipinski definition) is 10. The first kappa shape index (κ1) is 38.7. The first-order valence-corrected chi connectivity index (χ1v) is 21.5. The molecule has 0 amide bonds. The Balaban J connectivity index is 1.16. The Morgan fingerprint density at radius 2 is 1.42 bits per heavy atom. The second-order valence-corrected chi connectivity index (χ2v) is 20.7. The van der Waals surface area contributed by atoms with Gasteiger partial charge in [0.1, 0.15) is 29.8 Å². The van der Waals surface area contributed by atoms with Crippen molar-refractivity contribution in [2.75, 3.05) is 19.8 Å². The van der Waals surface area contributed by atoms with E-state index in [0.29, 0.717) is 12.0 Å². The summed E-state index contributed by atoms with van der Waals surface area (Å²) in [6.45, 7) is 12.5. The third-order valence-corrected chi connectivity index (χ3v) is 16.1. The average Bonchev–Trinajstić information content (AvgIpc) is 3.75. The number of ether oxygens (including phenoxy) is 4. The van der Waals surface area contributed by atoms with Crippen LogP contribution in [-0.4, -0.2) is 68.3 Å². The second-order valence-electron chi connectivity index (χ2n) is 15.0. The number of H-pyrrole nitrogens is 1. The first-order valence-electron chi connectivity index (χ1n) is 17.9. The summed E-state index contributed by atoms with van der Waals surface area (Å²) < 4.78 is 37.4. The predicted molar refractivity (Wildman–Crippen MR) is 205 cm³/mol. The molecule has 4 aromatic rings. The molecule has 2 saturated heterocycles. The fourth-order valence-electron chi connectivity index (χ4n) is 6.32. The molecule has 0 saturated carbocycles. The van der Waals surface area contributed by atoms with Crippen molar-refractivity contribution in [3.8, 4) is 0 Å². The van der Waals surface area contributed by atoms with E-state index in [0.717, 1.165) is 16.7 Å². The predicted octanol–water partition coefficient (Wildman–Crippen LogP) is 7.10. The summed E-state index contributed by atoms with van der Waals surface area (Å²) in [5, 5.41) is -0.102. The van der Waals surface area contributed by atoms with Crippen LogP contribution < -0.4 is 11.2 Å². The van der Waals surface area contributed by atoms with Crippen molar-refractivity contribution in [2.45, 2.75) is 87.6 Å². The van der Waals surface area contributed by atoms with Crippen molar-refractivity contribution in [3.05, 3.63) is 140 Å². The SMILES string of the molecule is Cc1cn([C@H]2C[C@H](O[Si](C)(C)C(C)(C)C)[C@@H](COC(=O)O[C@H]3COC[C@H]3OSC(c3ccccc3)(c3ccccc3)c3ccccc3)O2)c(=O)[nH]c1=O. The lowest BCUT2D eigenvalue weighted by atomic mass is 9.84. The van der Waals surface area contributed by atoms with Crippen LogP contribution in [0, 0.1) is 6.92 Å². The van der Waals surface area contributed by atoms with Gasteiger partial charge in [0.25, 0.3) is 5.56 Å². The molecule has 2 aliphatic heterocycles. The fourth-order valence-corrected chi connectivity index (χ4v) is 8.82. The molecule has 11 nitrogen and oxygen atoms in total. The molecular weight excluding hydrogens is 713 g/mol. The number of rotatable bonds is 12. The normalized spacial score (nSPS) is 22.1. The van der Waals surface area contributed by atoms with Gasteiger partial charge in [-0.25, -0.2) is 9.59 Å². The van der Waals surface area contributed by atoms with Crippen LogP contribution >= 0.6 is 12.0 Å². The van der Waals surface area contributed by atoms with Crippen LogP contribution in [0.15, 0.2) is 107 Å². The van der Waals surface area contributed by atoms with Gasteiger partial charge in [0.2, 0.25) is 0 Å². The summed E-state index contributed by atoms with van der Waals surface area (Å²) in [6.07, 6.45) is -2.29. The smallest absolute Gasteiger partial charge is 0.431 e. The highest BCUT2D eigenvalue weighted by Gasteiger charge is 2.46. The molecule has 13 heteroatoms. The lowest BCUT2D eigenvalue weighted by Gasteiger charge is -2.39. The number of nitrogens with zero attached hydrogens (tertiary/aromatic N) is 1. The van der Waals surface area contributed by atoms with Gasteiger partial charge in [0.05, 0.1) is 19.3 Å². The molecule has 2 fully saturated rings. The zero-order chi connectivity index (χ0) is 37.8. The minimum absolute atomic E-state index is 0.102. The van der Waals surface area contributed by atoms with Crippen LogP contribution in [0.25, 0.3) is 0 Å². The second kappa shape index (κ2) is 16.2. The maximum atomic E-state index is 13.3. The largest absolute Gasteiger partial charge is 0.508 e. The number of carbonyl (C=O) groups is 1. The molecule has 1 N–H and O–H groups in total. The Morgan fingerprint density at radius 1 is 0.868 bits per heavy atom. The standard InChI is InChI=1S/C40H48N2O9SSi/c1-27-23-42(37(44)41-36(27)43)35-22-31(51-53(5,6)39(2,3)4)33(48-35)26-47-38(45)49-32-24-46-25-34(32)50-52-40(28-16-10-7-11-17-28,29-18-12-8-13-19-29)30-20-14-9-15-21-30/h7-21,23,31-35H,22,24-26H2,1-6H3,(H,41,43,44)/t31-,32-,33+,34+,35+/m0/s1. The number of hydrogen-bond donors (Lipinski definition) is 1. The molecule has 1 aromatic heterocycles. The molecule has 0 unspecified atom stereocenters. The lowest BCUT2D eigenvalue weighted by molar-refractivity contribution is -0.0653. The van der Waals surface area contributed by atoms with Gasteiger partial charge in [-0.2, -0.15) is 0 Å². The van der Waals surface area contributed by atoms with Crippen LogP contribution in [0.5, 0.6) is 0 Å². The number of aromatic amines is 1. The third-order valence-electron chi connectivity index (χ3n) is 10.3. The Hall–Kier alpha value is -3.98. The molecule has 0 aliphatic carbocycles. The molecule has 0 radical (unpaired) electrons. The van der Waals surface area contributed by atoms with Gasteiger partial charge in [0, 0.05) is 30.2 Å². The minimum Gasteiger partial charge on any atom is -0.431 e. The highest BCUT2D eigenvalue weighted by atomic mass is 32.2. The first-order chi connectivity index (χ1) is 25.3. The molecule has 6 rings (SSSR count). The third kappa shape index (κ3) is 8.56. The zero-order valence-electron chi connectivity index (χ0n) is 31.0. The molecule has 3 heterocycles. The van der Waals surface area contributed by atoms with E-state index < -0.39 is 61.1 Å². The number of aromatic nitrogens is 2. The van der Waals surface area contributed by atoms with Crippen molar-refractivity contribution in [1.29, 1.82) is 0 Å².